The first-order valence-electron chi connectivity index (χ1n) is 16.7. The Labute approximate surface area is 317 Å². The number of hydrogen-bond donors (Lipinski definition) is 4. The molecule has 52 heavy (non-hydrogen) atoms. The molecule has 10 nitrogen and oxygen atoms in total. The van der Waals surface area contributed by atoms with Gasteiger partial charge in [-0.3, -0.25) is 9.59 Å². The topological polar surface area (TPSA) is 151 Å². The fourth-order valence-electron chi connectivity index (χ4n) is 4.91. The second-order valence-corrected chi connectivity index (χ2v) is 18.6. The summed E-state index contributed by atoms with van der Waals surface area (Å²) in [4.78, 5) is 24.7. The molecular weight excluding hydrogens is 764 g/mol. The van der Waals surface area contributed by atoms with Crippen LogP contribution in [0.1, 0.15) is 69.4 Å². The molecule has 4 rings (SSSR count). The van der Waals surface area contributed by atoms with Gasteiger partial charge in [0.2, 0.25) is 31.9 Å². The summed E-state index contributed by atoms with van der Waals surface area (Å²) >= 11 is 3.28. The number of rotatable bonds is 12. The summed E-state index contributed by atoms with van der Waals surface area (Å²) < 4.78 is 56.1. The SMILES string of the molecule is CC(C)(C)NS(=O)(=O)c1cc(CC(=O)NCc2ccccc2)ccc1Br.Cc1ccc(CC(=O)NCc2ccccc2)cc1S(=O)(=O)NC(C)(C)C. The number of carbonyl (C=O) groups excluding carboxylic acids is 2. The number of nitrogens with one attached hydrogen (secondary N) is 4. The van der Waals surface area contributed by atoms with Gasteiger partial charge >= 0.3 is 0 Å². The lowest BCUT2D eigenvalue weighted by atomic mass is 10.1. The maximum absolute atomic E-state index is 12.6. The van der Waals surface area contributed by atoms with E-state index in [2.05, 4.69) is 36.0 Å². The molecule has 0 bridgehead atoms. The van der Waals surface area contributed by atoms with E-state index in [0.29, 0.717) is 34.3 Å². The van der Waals surface area contributed by atoms with E-state index < -0.39 is 31.1 Å². The van der Waals surface area contributed by atoms with Crippen molar-refractivity contribution in [3.8, 4) is 0 Å². The summed E-state index contributed by atoms with van der Waals surface area (Å²) in [6.07, 6.45) is 0.239. The third-order valence-corrected chi connectivity index (χ3v) is 11.8. The van der Waals surface area contributed by atoms with Crippen LogP contribution in [0.2, 0.25) is 0 Å². The number of hydrogen-bond acceptors (Lipinski definition) is 6. The molecule has 0 atom stereocenters. The highest BCUT2D eigenvalue weighted by atomic mass is 79.9. The highest BCUT2D eigenvalue weighted by Gasteiger charge is 2.25. The summed E-state index contributed by atoms with van der Waals surface area (Å²) in [7, 11) is -7.33. The molecule has 0 aliphatic carbocycles. The van der Waals surface area contributed by atoms with Crippen LogP contribution in [0.4, 0.5) is 0 Å². The van der Waals surface area contributed by atoms with E-state index in [4.69, 9.17) is 0 Å². The maximum Gasteiger partial charge on any atom is 0.242 e. The predicted molar refractivity (Wildman–Crippen MR) is 209 cm³/mol. The van der Waals surface area contributed by atoms with Crippen LogP contribution in [-0.4, -0.2) is 39.7 Å². The van der Waals surface area contributed by atoms with Crippen molar-refractivity contribution in [1.82, 2.24) is 20.1 Å². The van der Waals surface area contributed by atoms with Crippen molar-refractivity contribution in [2.24, 2.45) is 0 Å². The van der Waals surface area contributed by atoms with Crippen molar-refractivity contribution in [3.63, 3.8) is 0 Å². The van der Waals surface area contributed by atoms with Gasteiger partial charge in [0.25, 0.3) is 0 Å². The first kappa shape index (κ1) is 42.5. The van der Waals surface area contributed by atoms with E-state index in [1.165, 1.54) is 6.07 Å². The van der Waals surface area contributed by atoms with E-state index in [1.807, 2.05) is 60.7 Å². The molecule has 4 aromatic rings. The van der Waals surface area contributed by atoms with Crippen molar-refractivity contribution in [3.05, 3.63) is 129 Å². The molecule has 0 saturated carbocycles. The molecule has 0 aliphatic heterocycles. The highest BCUT2D eigenvalue weighted by Crippen LogP contribution is 2.25. The maximum atomic E-state index is 12.6. The number of halogens is 1. The Kier molecular flexibility index (Phi) is 14.9. The average Bonchev–Trinajstić information content (AvgIpc) is 3.03. The van der Waals surface area contributed by atoms with Gasteiger partial charge in [0.05, 0.1) is 22.6 Å². The average molecular weight is 814 g/mol. The van der Waals surface area contributed by atoms with Gasteiger partial charge in [0, 0.05) is 28.6 Å². The Morgan fingerprint density at radius 1 is 0.558 bits per heavy atom. The Bertz CT molecular complexity index is 1900. The minimum Gasteiger partial charge on any atom is -0.352 e. The molecule has 0 heterocycles. The van der Waals surface area contributed by atoms with Gasteiger partial charge in [-0.2, -0.15) is 0 Å². The van der Waals surface area contributed by atoms with Gasteiger partial charge < -0.3 is 10.6 Å². The van der Waals surface area contributed by atoms with Gasteiger partial charge in [0.15, 0.2) is 0 Å². The van der Waals surface area contributed by atoms with Gasteiger partial charge in [-0.05, 0) is 110 Å². The van der Waals surface area contributed by atoms with Gasteiger partial charge in [-0.1, -0.05) is 78.9 Å². The second kappa shape index (κ2) is 18.2. The molecule has 2 amide bonds. The van der Waals surface area contributed by atoms with Crippen LogP contribution in [-0.2, 0) is 55.6 Å². The third-order valence-electron chi connectivity index (χ3n) is 7.10. The largest absolute Gasteiger partial charge is 0.352 e. The van der Waals surface area contributed by atoms with Gasteiger partial charge in [0.1, 0.15) is 0 Å². The predicted octanol–water partition coefficient (Wildman–Crippen LogP) is 6.32. The number of benzene rings is 4. The Morgan fingerprint density at radius 3 is 1.37 bits per heavy atom. The number of aryl methyl sites for hydroxylation is 1. The van der Waals surface area contributed by atoms with E-state index in [0.717, 1.165) is 11.1 Å². The zero-order chi connectivity index (χ0) is 38.7. The molecule has 13 heteroatoms. The lowest BCUT2D eigenvalue weighted by Gasteiger charge is -2.21. The zero-order valence-electron chi connectivity index (χ0n) is 30.7. The summed E-state index contributed by atoms with van der Waals surface area (Å²) in [5, 5.41) is 5.70. The monoisotopic (exact) mass is 812 g/mol. The van der Waals surface area contributed by atoms with E-state index in [9.17, 15) is 26.4 Å². The molecule has 4 aromatic carbocycles. The van der Waals surface area contributed by atoms with E-state index >= 15 is 0 Å². The Hall–Kier alpha value is -3.88. The summed E-state index contributed by atoms with van der Waals surface area (Å²) in [5.74, 6) is -0.312. The molecule has 0 spiro atoms. The van der Waals surface area contributed by atoms with Crippen LogP contribution >= 0.6 is 15.9 Å². The van der Waals surface area contributed by atoms with E-state index in [1.54, 1.807) is 78.8 Å². The van der Waals surface area contributed by atoms with Crippen LogP contribution in [0.15, 0.2) is 111 Å². The van der Waals surface area contributed by atoms with Gasteiger partial charge in [-0.15, -0.1) is 0 Å². The van der Waals surface area contributed by atoms with Crippen LogP contribution in [0.3, 0.4) is 0 Å². The molecule has 4 N–H and O–H groups in total. The van der Waals surface area contributed by atoms with Crippen molar-refractivity contribution >= 4 is 47.8 Å². The van der Waals surface area contributed by atoms with Crippen molar-refractivity contribution < 1.29 is 26.4 Å². The fourth-order valence-corrected chi connectivity index (χ4v) is 9.06. The van der Waals surface area contributed by atoms with Crippen LogP contribution in [0, 0.1) is 6.92 Å². The molecule has 0 saturated heterocycles. The van der Waals surface area contributed by atoms with Crippen LogP contribution in [0.25, 0.3) is 0 Å². The lowest BCUT2D eigenvalue weighted by Crippen LogP contribution is -2.40. The summed E-state index contributed by atoms with van der Waals surface area (Å²) in [5.41, 5.74) is 2.80. The molecule has 0 aromatic heterocycles. The standard InChI is InChI=1S/C20H26N2O3S.C19H23BrN2O3S/c1-15-10-11-17(12-18(15)26(24,25)22-20(2,3)4)13-19(23)21-14-16-8-6-5-7-9-16;1-19(2,3)22-26(24,25)17-11-15(9-10-16(17)20)12-18(23)21-13-14-7-5-4-6-8-14/h5-12,22H,13-14H2,1-4H3,(H,21,23);4-11,22H,12-13H2,1-3H3,(H,21,23). The fraction of sp³-hybridized carbons (Fsp3) is 0.333. The van der Waals surface area contributed by atoms with E-state index in [-0.39, 0.29) is 34.4 Å². The normalized spacial score (nSPS) is 12.0. The number of carbonyl (C=O) groups is 2. The second-order valence-electron chi connectivity index (χ2n) is 14.5. The third kappa shape index (κ3) is 14.6. The molecule has 280 valence electrons. The smallest absolute Gasteiger partial charge is 0.242 e. The molecule has 0 fully saturated rings. The van der Waals surface area contributed by atoms with Crippen molar-refractivity contribution in [2.75, 3.05) is 0 Å². The van der Waals surface area contributed by atoms with Crippen molar-refractivity contribution in [2.45, 2.75) is 95.3 Å². The number of sulfonamides is 2. The molecule has 0 aliphatic rings. The Balaban J connectivity index is 0.000000280. The zero-order valence-corrected chi connectivity index (χ0v) is 33.9. The Morgan fingerprint density at radius 2 is 0.942 bits per heavy atom. The lowest BCUT2D eigenvalue weighted by molar-refractivity contribution is -0.121. The van der Waals surface area contributed by atoms with Crippen molar-refractivity contribution in [1.29, 1.82) is 0 Å². The first-order chi connectivity index (χ1) is 24.1. The highest BCUT2D eigenvalue weighted by molar-refractivity contribution is 9.10. The molecule has 0 unspecified atom stereocenters. The van der Waals surface area contributed by atoms with Crippen LogP contribution in [0.5, 0.6) is 0 Å². The van der Waals surface area contributed by atoms with Gasteiger partial charge in [-0.25, -0.2) is 26.3 Å². The minimum absolute atomic E-state index is 0.109. The quantitative estimate of drug-likeness (QED) is 0.132. The molecular formula is C39H49BrN4O6S2. The summed E-state index contributed by atoms with van der Waals surface area (Å²) in [6.45, 7) is 13.3. The number of amides is 2. The first-order valence-corrected chi connectivity index (χ1v) is 20.5. The molecule has 0 radical (unpaired) electrons. The minimum atomic E-state index is -3.69. The van der Waals surface area contributed by atoms with Crippen LogP contribution < -0.4 is 20.1 Å². The summed E-state index contributed by atoms with van der Waals surface area (Å²) in [6, 6.07) is 29.3.